The predicted molar refractivity (Wildman–Crippen MR) is 125 cm³/mol. The molecule has 1 aliphatic carbocycles. The third-order valence-electron chi connectivity index (χ3n) is 6.07. The van der Waals surface area contributed by atoms with Crippen LogP contribution in [-0.2, 0) is 11.3 Å². The zero-order chi connectivity index (χ0) is 25.6. The van der Waals surface area contributed by atoms with Gasteiger partial charge in [0.05, 0.1) is 16.6 Å². The molecular formula is C23H22ClF5N6O2. The summed E-state index contributed by atoms with van der Waals surface area (Å²) in [5, 5.41) is 9.14. The Morgan fingerprint density at radius 3 is 2.51 bits per heavy atom. The molecule has 2 fully saturated rings. The summed E-state index contributed by atoms with van der Waals surface area (Å²) < 4.78 is 66.8. The number of amides is 2. The molecule has 198 valence electrons. The van der Waals surface area contributed by atoms with Crippen molar-refractivity contribution in [2.24, 2.45) is 0 Å². The highest BCUT2D eigenvalue weighted by Gasteiger charge is 2.37. The van der Waals surface area contributed by atoms with Crippen LogP contribution in [0.3, 0.4) is 0 Å². The number of rotatable bonds is 7. The number of nitrogens with one attached hydrogen (secondary N) is 2. The van der Waals surface area contributed by atoms with Crippen LogP contribution in [0.5, 0.6) is 0 Å². The molecule has 0 atom stereocenters. The summed E-state index contributed by atoms with van der Waals surface area (Å²) in [6.07, 6.45) is -0.952. The molecule has 2 N–H and O–H groups in total. The van der Waals surface area contributed by atoms with E-state index >= 15 is 0 Å². The van der Waals surface area contributed by atoms with Crippen LogP contribution >= 0.6 is 12.4 Å². The Bertz CT molecular complexity index is 1340. The first-order valence-electron chi connectivity index (χ1n) is 11.3. The van der Waals surface area contributed by atoms with Crippen LogP contribution in [0.15, 0.2) is 30.5 Å². The molecular weight excluding hydrogens is 523 g/mol. The second-order valence-corrected chi connectivity index (χ2v) is 8.97. The van der Waals surface area contributed by atoms with Gasteiger partial charge >= 0.3 is 6.18 Å². The van der Waals surface area contributed by atoms with E-state index in [4.69, 9.17) is 0 Å². The molecule has 37 heavy (non-hydrogen) atoms. The fourth-order valence-electron chi connectivity index (χ4n) is 4.13. The number of hydrogen-bond donors (Lipinski definition) is 2. The summed E-state index contributed by atoms with van der Waals surface area (Å²) in [7, 11) is 0. The van der Waals surface area contributed by atoms with E-state index in [0.717, 1.165) is 23.6 Å². The minimum absolute atomic E-state index is 0. The highest BCUT2D eigenvalue weighted by atomic mass is 35.5. The summed E-state index contributed by atoms with van der Waals surface area (Å²) in [5.74, 6) is -2.86. The number of fused-ring (bicyclic) bond motifs is 1. The van der Waals surface area contributed by atoms with Gasteiger partial charge in [0, 0.05) is 48.9 Å². The first-order valence-corrected chi connectivity index (χ1v) is 11.3. The minimum atomic E-state index is -4.60. The van der Waals surface area contributed by atoms with Crippen LogP contribution in [0, 0.1) is 11.6 Å². The van der Waals surface area contributed by atoms with Gasteiger partial charge in [0.1, 0.15) is 30.5 Å². The molecule has 2 amide bonds. The molecule has 14 heteroatoms. The van der Waals surface area contributed by atoms with Crippen LogP contribution in [0.2, 0.25) is 0 Å². The van der Waals surface area contributed by atoms with Crippen molar-refractivity contribution < 1.29 is 31.5 Å². The largest absolute Gasteiger partial charge is 0.405 e. The van der Waals surface area contributed by atoms with E-state index in [2.05, 4.69) is 15.4 Å². The Morgan fingerprint density at radius 1 is 1.11 bits per heavy atom. The Hall–Kier alpha value is -3.48. The third-order valence-corrected chi connectivity index (χ3v) is 6.07. The maximum atomic E-state index is 14.7. The average molecular weight is 545 g/mol. The van der Waals surface area contributed by atoms with Gasteiger partial charge in [0.15, 0.2) is 0 Å². The van der Waals surface area contributed by atoms with Crippen LogP contribution in [0.4, 0.5) is 27.8 Å². The van der Waals surface area contributed by atoms with Gasteiger partial charge < -0.3 is 15.5 Å². The predicted octanol–water partition coefficient (Wildman–Crippen LogP) is 3.62. The Labute approximate surface area is 213 Å². The van der Waals surface area contributed by atoms with Crippen molar-refractivity contribution >= 4 is 40.9 Å². The van der Waals surface area contributed by atoms with E-state index in [1.807, 2.05) is 0 Å². The molecule has 0 bridgehead atoms. The van der Waals surface area contributed by atoms with Crippen LogP contribution in [-0.4, -0.2) is 63.3 Å². The molecule has 0 unspecified atom stereocenters. The van der Waals surface area contributed by atoms with Crippen molar-refractivity contribution in [1.29, 1.82) is 0 Å². The Morgan fingerprint density at radius 2 is 1.84 bits per heavy atom. The molecule has 8 nitrogen and oxygen atoms in total. The number of carbonyl (C=O) groups excluding carboxylic acids is 2. The van der Waals surface area contributed by atoms with Crippen LogP contribution in [0.25, 0.3) is 10.9 Å². The van der Waals surface area contributed by atoms with E-state index < -0.39 is 42.7 Å². The SMILES string of the molecule is Cl.O=C(Cn1nc(C2CN(C(=O)c3ccnc(NC4CC4)c3)C2)c2c(F)cc(F)cc21)NCC(F)(F)F. The fraction of sp³-hybridized carbons (Fsp3) is 0.391. The average Bonchev–Trinajstić information content (AvgIpc) is 3.52. The van der Waals surface area contributed by atoms with Gasteiger partial charge in [0.25, 0.3) is 5.91 Å². The summed E-state index contributed by atoms with van der Waals surface area (Å²) in [6.45, 7) is -1.78. The molecule has 0 spiro atoms. The quantitative estimate of drug-likeness (QED) is 0.443. The highest BCUT2D eigenvalue weighted by Crippen LogP contribution is 2.35. The van der Waals surface area contributed by atoms with Crippen molar-refractivity contribution in [3.63, 3.8) is 0 Å². The maximum absolute atomic E-state index is 14.7. The van der Waals surface area contributed by atoms with E-state index in [9.17, 15) is 31.5 Å². The fourth-order valence-corrected chi connectivity index (χ4v) is 4.13. The monoisotopic (exact) mass is 544 g/mol. The summed E-state index contributed by atoms with van der Waals surface area (Å²) in [6, 6.07) is 5.28. The van der Waals surface area contributed by atoms with Gasteiger partial charge in [0.2, 0.25) is 5.91 Å². The summed E-state index contributed by atoms with van der Waals surface area (Å²) in [5.41, 5.74) is 0.594. The number of aromatic nitrogens is 3. The number of pyridine rings is 1. The van der Waals surface area contributed by atoms with E-state index in [1.165, 1.54) is 6.20 Å². The lowest BCUT2D eigenvalue weighted by atomic mass is 9.93. The Kier molecular flexibility index (Phi) is 7.27. The van der Waals surface area contributed by atoms with Gasteiger partial charge in [-0.1, -0.05) is 0 Å². The smallest absolute Gasteiger partial charge is 0.367 e. The number of benzene rings is 1. The van der Waals surface area contributed by atoms with Crippen molar-refractivity contribution in [2.45, 2.75) is 37.5 Å². The van der Waals surface area contributed by atoms with E-state index in [0.29, 0.717) is 23.5 Å². The highest BCUT2D eigenvalue weighted by molar-refractivity contribution is 5.96. The number of likely N-dealkylation sites (tertiary alicyclic amines) is 1. The normalized spacial score (nSPS) is 15.8. The number of halogens is 6. The lowest BCUT2D eigenvalue weighted by Crippen LogP contribution is -2.48. The number of carbonyl (C=O) groups is 2. The van der Waals surface area contributed by atoms with Gasteiger partial charge in [-0.25, -0.2) is 13.8 Å². The van der Waals surface area contributed by atoms with E-state index in [1.54, 1.807) is 22.3 Å². The van der Waals surface area contributed by atoms with Crippen molar-refractivity contribution in [3.8, 4) is 0 Å². The zero-order valence-corrected chi connectivity index (χ0v) is 20.0. The second-order valence-electron chi connectivity index (χ2n) is 8.97. The maximum Gasteiger partial charge on any atom is 0.405 e. The number of hydrogen-bond acceptors (Lipinski definition) is 5. The lowest BCUT2D eigenvalue weighted by molar-refractivity contribution is -0.138. The van der Waals surface area contributed by atoms with Gasteiger partial charge in [-0.2, -0.15) is 18.3 Å². The molecule has 1 saturated heterocycles. The Balaban J connectivity index is 0.00000320. The lowest BCUT2D eigenvalue weighted by Gasteiger charge is -2.38. The molecule has 0 radical (unpaired) electrons. The first kappa shape index (κ1) is 26.6. The van der Waals surface area contributed by atoms with Crippen LogP contribution in [0.1, 0.15) is 34.8 Å². The molecule has 3 aromatic rings. The van der Waals surface area contributed by atoms with Gasteiger partial charge in [-0.3, -0.25) is 14.3 Å². The van der Waals surface area contributed by atoms with Crippen molar-refractivity contribution in [3.05, 3.63) is 53.4 Å². The van der Waals surface area contributed by atoms with Gasteiger partial charge in [-0.05, 0) is 25.0 Å². The molecule has 3 heterocycles. The first-order chi connectivity index (χ1) is 17.1. The van der Waals surface area contributed by atoms with Crippen LogP contribution < -0.4 is 10.6 Å². The van der Waals surface area contributed by atoms with E-state index in [-0.39, 0.29) is 48.0 Å². The summed E-state index contributed by atoms with van der Waals surface area (Å²) >= 11 is 0. The number of alkyl halides is 3. The molecule has 1 aliphatic heterocycles. The molecule has 2 aliphatic rings. The standard InChI is InChI=1S/C23H21F5N6O2.ClH/c24-14-6-16(25)20-17(7-14)34(10-19(35)30-11-23(26,27)28)32-21(20)13-8-33(9-13)22(36)12-3-4-29-18(5-12)31-15-1-2-15;/h3-7,13,15H,1-2,8-11H2,(H,29,31)(H,30,35);1H. The summed E-state index contributed by atoms with van der Waals surface area (Å²) in [4.78, 5) is 30.7. The van der Waals surface area contributed by atoms with Crippen molar-refractivity contribution in [2.75, 3.05) is 25.0 Å². The third kappa shape index (κ3) is 5.92. The van der Waals surface area contributed by atoms with Crippen molar-refractivity contribution in [1.82, 2.24) is 25.0 Å². The second kappa shape index (κ2) is 10.1. The molecule has 2 aromatic heterocycles. The number of nitrogens with zero attached hydrogens (tertiary/aromatic N) is 4. The molecule has 1 aromatic carbocycles. The molecule has 5 rings (SSSR count). The molecule has 1 saturated carbocycles. The zero-order valence-electron chi connectivity index (χ0n) is 19.2. The van der Waals surface area contributed by atoms with Gasteiger partial charge in [-0.15, -0.1) is 12.4 Å². The minimum Gasteiger partial charge on any atom is -0.367 e. The number of anilines is 1. The topological polar surface area (TPSA) is 92.2 Å².